The Hall–Kier alpha value is -3.34. The number of phenols is 1. The zero-order valence-electron chi connectivity index (χ0n) is 18.9. The molecule has 3 rings (SSSR count). The Kier molecular flexibility index (Phi) is 8.44. The third kappa shape index (κ3) is 6.45. The largest absolute Gasteiger partial charge is 0.507 e. The van der Waals surface area contributed by atoms with E-state index in [-0.39, 0.29) is 27.2 Å². The number of amides is 1. The first-order valence-corrected chi connectivity index (χ1v) is 12.7. The van der Waals surface area contributed by atoms with Crippen molar-refractivity contribution in [3.63, 3.8) is 0 Å². The van der Waals surface area contributed by atoms with Crippen molar-refractivity contribution in [3.05, 3.63) is 76.0 Å². The molecule has 190 valence electrons. The third-order valence-electron chi connectivity index (χ3n) is 4.97. The highest BCUT2D eigenvalue weighted by Gasteiger charge is 2.24. The average Bonchev–Trinajstić information content (AvgIpc) is 2.82. The van der Waals surface area contributed by atoms with E-state index in [9.17, 15) is 27.5 Å². The number of sulfone groups is 1. The van der Waals surface area contributed by atoms with Gasteiger partial charge in [0.15, 0.2) is 15.6 Å². The van der Waals surface area contributed by atoms with Crippen LogP contribution in [0.4, 0.5) is 10.1 Å². The van der Waals surface area contributed by atoms with E-state index in [1.165, 1.54) is 37.3 Å². The minimum atomic E-state index is -4.03. The Morgan fingerprint density at radius 2 is 1.67 bits per heavy atom. The van der Waals surface area contributed by atoms with Gasteiger partial charge in [-0.3, -0.25) is 9.59 Å². The van der Waals surface area contributed by atoms with Gasteiger partial charge in [-0.1, -0.05) is 35.3 Å². The molecule has 0 bridgehead atoms. The fourth-order valence-electron chi connectivity index (χ4n) is 3.07. The SMILES string of the molecule is COC(=O)C(C)C(=O)Nc1cc(Cl)c(Oc2ccc(O)c(S(=O)(=O)Cc3ccc(F)cc3)c2)c(Cl)c1. The van der Waals surface area contributed by atoms with Crippen molar-refractivity contribution in [1.82, 2.24) is 0 Å². The van der Waals surface area contributed by atoms with E-state index < -0.39 is 49.8 Å². The van der Waals surface area contributed by atoms with Crippen molar-refractivity contribution >= 4 is 50.6 Å². The second-order valence-electron chi connectivity index (χ2n) is 7.62. The van der Waals surface area contributed by atoms with Crippen LogP contribution in [-0.4, -0.2) is 32.5 Å². The molecule has 1 atom stereocenters. The van der Waals surface area contributed by atoms with E-state index in [0.717, 1.165) is 31.4 Å². The van der Waals surface area contributed by atoms with Crippen LogP contribution in [0.15, 0.2) is 59.5 Å². The molecule has 0 heterocycles. The summed E-state index contributed by atoms with van der Waals surface area (Å²) in [5, 5.41) is 12.6. The average molecular weight is 556 g/mol. The maximum atomic E-state index is 13.1. The summed E-state index contributed by atoms with van der Waals surface area (Å²) in [7, 11) is -2.87. The summed E-state index contributed by atoms with van der Waals surface area (Å²) in [5.41, 5.74) is 0.513. The molecule has 36 heavy (non-hydrogen) atoms. The topological polar surface area (TPSA) is 119 Å². The van der Waals surface area contributed by atoms with Crippen molar-refractivity contribution in [2.24, 2.45) is 5.92 Å². The van der Waals surface area contributed by atoms with Crippen LogP contribution in [0.25, 0.3) is 0 Å². The van der Waals surface area contributed by atoms with Crippen LogP contribution in [0.3, 0.4) is 0 Å². The van der Waals surface area contributed by atoms with Gasteiger partial charge in [0.1, 0.15) is 28.1 Å². The molecular formula is C24H20Cl2FNO7S. The second-order valence-corrected chi connectivity index (χ2v) is 10.4. The van der Waals surface area contributed by atoms with E-state index in [1.54, 1.807) is 0 Å². The molecular weight excluding hydrogens is 536 g/mol. The van der Waals surface area contributed by atoms with E-state index in [1.807, 2.05) is 0 Å². The summed E-state index contributed by atoms with van der Waals surface area (Å²) in [6, 6.07) is 11.1. The minimum absolute atomic E-state index is 0.00498. The summed E-state index contributed by atoms with van der Waals surface area (Å²) >= 11 is 12.5. The molecule has 0 saturated carbocycles. The van der Waals surface area contributed by atoms with Gasteiger partial charge in [0.2, 0.25) is 5.91 Å². The number of benzene rings is 3. The highest BCUT2D eigenvalue weighted by Crippen LogP contribution is 2.40. The maximum Gasteiger partial charge on any atom is 0.317 e. The molecule has 1 unspecified atom stereocenters. The van der Waals surface area contributed by atoms with Gasteiger partial charge in [-0.25, -0.2) is 12.8 Å². The number of hydrogen-bond acceptors (Lipinski definition) is 7. The predicted molar refractivity (Wildman–Crippen MR) is 132 cm³/mol. The number of anilines is 1. The maximum absolute atomic E-state index is 13.1. The molecule has 0 aromatic heterocycles. The number of phenolic OH excluding ortho intramolecular Hbond substituents is 1. The van der Waals surface area contributed by atoms with E-state index in [2.05, 4.69) is 10.1 Å². The molecule has 3 aromatic rings. The Morgan fingerprint density at radius 3 is 2.25 bits per heavy atom. The molecule has 8 nitrogen and oxygen atoms in total. The lowest BCUT2D eigenvalue weighted by atomic mass is 10.1. The standard InChI is InChI=1S/C24H20Cl2FNO7S/c1-13(24(31)34-2)23(30)28-16-9-18(25)22(19(26)10-16)35-17-7-8-20(29)21(11-17)36(32,33)12-14-3-5-15(27)6-4-14/h3-11,13,29H,12H2,1-2H3,(H,28,30). The number of nitrogens with one attached hydrogen (secondary N) is 1. The number of carbonyl (C=O) groups is 2. The van der Waals surface area contributed by atoms with Gasteiger partial charge in [-0.15, -0.1) is 0 Å². The quantitative estimate of drug-likeness (QED) is 0.284. The van der Waals surface area contributed by atoms with Crippen LogP contribution in [0.2, 0.25) is 10.0 Å². The molecule has 0 spiro atoms. The summed E-state index contributed by atoms with van der Waals surface area (Å²) in [6.07, 6.45) is 0. The number of hydrogen-bond donors (Lipinski definition) is 2. The molecule has 2 N–H and O–H groups in total. The van der Waals surface area contributed by atoms with Gasteiger partial charge in [0, 0.05) is 11.8 Å². The van der Waals surface area contributed by atoms with Gasteiger partial charge in [-0.2, -0.15) is 0 Å². The smallest absolute Gasteiger partial charge is 0.317 e. The molecule has 0 aliphatic rings. The van der Waals surface area contributed by atoms with Gasteiger partial charge >= 0.3 is 5.97 Å². The zero-order chi connectivity index (χ0) is 26.6. The van der Waals surface area contributed by atoms with Crippen molar-refractivity contribution in [2.75, 3.05) is 12.4 Å². The first kappa shape index (κ1) is 27.3. The van der Waals surface area contributed by atoms with Gasteiger partial charge in [0.25, 0.3) is 0 Å². The number of rotatable bonds is 8. The van der Waals surface area contributed by atoms with Crippen molar-refractivity contribution in [1.29, 1.82) is 0 Å². The minimum Gasteiger partial charge on any atom is -0.507 e. The summed E-state index contributed by atoms with van der Waals surface area (Å²) < 4.78 is 49.1. The lowest BCUT2D eigenvalue weighted by molar-refractivity contribution is -0.147. The van der Waals surface area contributed by atoms with Crippen LogP contribution in [-0.2, 0) is 29.9 Å². The number of ether oxygens (including phenoxy) is 2. The van der Waals surface area contributed by atoms with Gasteiger partial charge in [-0.05, 0) is 48.9 Å². The molecule has 0 fully saturated rings. The zero-order valence-corrected chi connectivity index (χ0v) is 21.2. The molecule has 0 radical (unpaired) electrons. The fourth-order valence-corrected chi connectivity index (χ4v) is 5.10. The Bertz CT molecular complexity index is 1390. The lowest BCUT2D eigenvalue weighted by Crippen LogP contribution is -2.28. The van der Waals surface area contributed by atoms with Crippen LogP contribution >= 0.6 is 23.2 Å². The highest BCUT2D eigenvalue weighted by atomic mass is 35.5. The molecule has 12 heteroatoms. The predicted octanol–water partition coefficient (Wildman–Crippen LogP) is 5.35. The molecule has 0 saturated heterocycles. The summed E-state index contributed by atoms with van der Waals surface area (Å²) in [5.74, 6) is -3.96. The van der Waals surface area contributed by atoms with Gasteiger partial charge in [0.05, 0.1) is 22.9 Å². The Balaban J connectivity index is 1.84. The fraction of sp³-hybridized carbons (Fsp3) is 0.167. The van der Waals surface area contributed by atoms with Crippen LogP contribution < -0.4 is 10.1 Å². The first-order chi connectivity index (χ1) is 16.9. The number of esters is 1. The second kappa shape index (κ2) is 11.2. The number of methoxy groups -OCH3 is 1. The first-order valence-electron chi connectivity index (χ1n) is 10.3. The monoisotopic (exact) mass is 555 g/mol. The summed E-state index contributed by atoms with van der Waals surface area (Å²) in [4.78, 5) is 23.3. The highest BCUT2D eigenvalue weighted by molar-refractivity contribution is 7.90. The normalized spacial score (nSPS) is 12.0. The molecule has 0 aliphatic carbocycles. The van der Waals surface area contributed by atoms with Crippen LogP contribution in [0.1, 0.15) is 12.5 Å². The van der Waals surface area contributed by atoms with E-state index in [0.29, 0.717) is 5.56 Å². The third-order valence-corrected chi connectivity index (χ3v) is 7.24. The molecule has 0 aliphatic heterocycles. The molecule has 3 aromatic carbocycles. The van der Waals surface area contributed by atoms with Crippen molar-refractivity contribution in [3.8, 4) is 17.2 Å². The lowest BCUT2D eigenvalue weighted by Gasteiger charge is -2.15. The number of halogens is 3. The van der Waals surface area contributed by atoms with Crippen molar-refractivity contribution in [2.45, 2.75) is 17.6 Å². The molecule has 1 amide bonds. The van der Waals surface area contributed by atoms with Crippen molar-refractivity contribution < 1.29 is 37.0 Å². The number of carbonyl (C=O) groups excluding carboxylic acids is 2. The van der Waals surface area contributed by atoms with Crippen LogP contribution in [0, 0.1) is 11.7 Å². The Morgan fingerprint density at radius 1 is 1.06 bits per heavy atom. The Labute approximate surface area is 216 Å². The van der Waals surface area contributed by atoms with E-state index >= 15 is 0 Å². The van der Waals surface area contributed by atoms with Crippen LogP contribution in [0.5, 0.6) is 17.2 Å². The van der Waals surface area contributed by atoms with E-state index in [4.69, 9.17) is 27.9 Å². The van der Waals surface area contributed by atoms with Gasteiger partial charge < -0.3 is 19.9 Å². The number of aromatic hydroxyl groups is 1. The summed E-state index contributed by atoms with van der Waals surface area (Å²) in [6.45, 7) is 1.37.